The molecule has 0 aliphatic carbocycles. The number of aliphatic imine (C=N–C) groups is 1. The number of hydrogen-bond acceptors (Lipinski definition) is 4. The molecule has 10 heteroatoms. The lowest BCUT2D eigenvalue weighted by Crippen LogP contribution is -2.37. The van der Waals surface area contributed by atoms with E-state index in [1.807, 2.05) is 19.1 Å². The van der Waals surface area contributed by atoms with E-state index in [-0.39, 0.29) is 12.3 Å². The number of guanidine groups is 1. The molecule has 0 aliphatic rings. The van der Waals surface area contributed by atoms with Crippen LogP contribution in [0, 0.1) is 0 Å². The standard InChI is InChI=1S/C20H21F3N6O/c1-2-24-19(27-14-16-6-3-4-7-17(16)30-20(21,22)23)26-13-15-8-10-25-18(12-15)29-11-5-9-28-29/h3-12H,2,13-14H2,1H3,(H2,24,26,27). The lowest BCUT2D eigenvalue weighted by Gasteiger charge is -2.15. The maximum Gasteiger partial charge on any atom is 0.573 e. The summed E-state index contributed by atoms with van der Waals surface area (Å²) in [5.74, 6) is 0.895. The fraction of sp³-hybridized carbons (Fsp3) is 0.250. The van der Waals surface area contributed by atoms with Crippen LogP contribution in [0.2, 0.25) is 0 Å². The van der Waals surface area contributed by atoms with Crippen molar-refractivity contribution in [2.75, 3.05) is 6.54 Å². The van der Waals surface area contributed by atoms with Crippen LogP contribution < -0.4 is 15.4 Å². The van der Waals surface area contributed by atoms with Crippen molar-refractivity contribution in [3.05, 3.63) is 72.2 Å². The van der Waals surface area contributed by atoms with Crippen LogP contribution in [0.25, 0.3) is 5.82 Å². The number of aromatic nitrogens is 3. The van der Waals surface area contributed by atoms with Crippen LogP contribution in [0.15, 0.2) is 66.0 Å². The molecule has 0 saturated heterocycles. The van der Waals surface area contributed by atoms with E-state index in [4.69, 9.17) is 0 Å². The van der Waals surface area contributed by atoms with Crippen LogP contribution in [0.4, 0.5) is 13.2 Å². The maximum atomic E-state index is 12.6. The molecule has 2 N–H and O–H groups in total. The summed E-state index contributed by atoms with van der Waals surface area (Å²) >= 11 is 0. The van der Waals surface area contributed by atoms with Gasteiger partial charge in [-0.15, -0.1) is 13.2 Å². The summed E-state index contributed by atoms with van der Waals surface area (Å²) < 4.78 is 43.5. The van der Waals surface area contributed by atoms with Crippen molar-refractivity contribution in [1.82, 2.24) is 25.4 Å². The zero-order chi connectivity index (χ0) is 21.4. The molecular weight excluding hydrogens is 397 g/mol. The SMILES string of the molecule is CCNC(=NCc1ccnc(-n2cccn2)c1)NCc1ccccc1OC(F)(F)F. The molecule has 30 heavy (non-hydrogen) atoms. The molecule has 0 bridgehead atoms. The van der Waals surface area contributed by atoms with Gasteiger partial charge in [-0.2, -0.15) is 5.10 Å². The number of nitrogens with zero attached hydrogens (tertiary/aromatic N) is 4. The fourth-order valence-electron chi connectivity index (χ4n) is 2.65. The van der Waals surface area contributed by atoms with Gasteiger partial charge in [0.1, 0.15) is 5.75 Å². The molecule has 0 amide bonds. The zero-order valence-electron chi connectivity index (χ0n) is 16.2. The van der Waals surface area contributed by atoms with Crippen LogP contribution in [0.1, 0.15) is 18.1 Å². The topological polar surface area (TPSA) is 76.4 Å². The Bertz CT molecular complexity index is 973. The van der Waals surface area contributed by atoms with Gasteiger partial charge in [0.05, 0.1) is 6.54 Å². The van der Waals surface area contributed by atoms with E-state index in [9.17, 15) is 13.2 Å². The van der Waals surface area contributed by atoms with Gasteiger partial charge in [-0.1, -0.05) is 18.2 Å². The molecule has 2 aromatic heterocycles. The molecule has 0 saturated carbocycles. The van der Waals surface area contributed by atoms with Crippen molar-refractivity contribution in [3.8, 4) is 11.6 Å². The predicted octanol–water partition coefficient (Wildman–Crippen LogP) is 3.42. The van der Waals surface area contributed by atoms with E-state index in [1.165, 1.54) is 12.1 Å². The highest BCUT2D eigenvalue weighted by atomic mass is 19.4. The summed E-state index contributed by atoms with van der Waals surface area (Å²) in [4.78, 5) is 8.77. The van der Waals surface area contributed by atoms with Crippen LogP contribution in [-0.4, -0.2) is 33.6 Å². The van der Waals surface area contributed by atoms with Gasteiger partial charge in [0.2, 0.25) is 0 Å². The Labute approximate surface area is 171 Å². The Morgan fingerprint density at radius 2 is 1.97 bits per heavy atom. The summed E-state index contributed by atoms with van der Waals surface area (Å²) in [7, 11) is 0. The first-order valence-electron chi connectivity index (χ1n) is 9.25. The first-order chi connectivity index (χ1) is 14.4. The number of pyridine rings is 1. The van der Waals surface area contributed by atoms with Gasteiger partial charge in [0.25, 0.3) is 0 Å². The number of halogens is 3. The van der Waals surface area contributed by atoms with E-state index in [0.717, 1.165) is 5.56 Å². The summed E-state index contributed by atoms with van der Waals surface area (Å²) in [6.07, 6.45) is 0.386. The summed E-state index contributed by atoms with van der Waals surface area (Å²) in [6.45, 7) is 2.97. The smallest absolute Gasteiger partial charge is 0.405 e. The minimum Gasteiger partial charge on any atom is -0.405 e. The van der Waals surface area contributed by atoms with E-state index < -0.39 is 6.36 Å². The Morgan fingerprint density at radius 3 is 2.70 bits per heavy atom. The van der Waals surface area contributed by atoms with Crippen molar-refractivity contribution < 1.29 is 17.9 Å². The third-order valence-electron chi connectivity index (χ3n) is 3.96. The molecule has 3 aromatic rings. The monoisotopic (exact) mass is 418 g/mol. The lowest BCUT2D eigenvalue weighted by molar-refractivity contribution is -0.274. The minimum absolute atomic E-state index is 0.118. The average Bonchev–Trinajstić information content (AvgIpc) is 3.25. The van der Waals surface area contributed by atoms with E-state index in [0.29, 0.717) is 30.4 Å². The largest absolute Gasteiger partial charge is 0.573 e. The van der Waals surface area contributed by atoms with Gasteiger partial charge in [0, 0.05) is 37.2 Å². The third kappa shape index (κ3) is 6.23. The van der Waals surface area contributed by atoms with Gasteiger partial charge in [-0.25, -0.2) is 14.7 Å². The predicted molar refractivity (Wildman–Crippen MR) is 106 cm³/mol. The molecule has 0 fully saturated rings. The molecule has 0 unspecified atom stereocenters. The normalized spacial score (nSPS) is 11.9. The van der Waals surface area contributed by atoms with Gasteiger partial charge in [-0.05, 0) is 36.8 Å². The fourth-order valence-corrected chi connectivity index (χ4v) is 2.65. The van der Waals surface area contributed by atoms with Crippen molar-refractivity contribution in [1.29, 1.82) is 0 Å². The van der Waals surface area contributed by atoms with Crippen LogP contribution in [0.5, 0.6) is 5.75 Å². The van der Waals surface area contributed by atoms with Gasteiger partial charge < -0.3 is 15.4 Å². The highest BCUT2D eigenvalue weighted by Gasteiger charge is 2.31. The molecule has 1 aromatic carbocycles. The second kappa shape index (κ2) is 9.77. The van der Waals surface area contributed by atoms with Crippen molar-refractivity contribution in [2.24, 2.45) is 4.99 Å². The molecule has 3 rings (SSSR count). The molecular formula is C20H21F3N6O. The Balaban J connectivity index is 1.68. The maximum absolute atomic E-state index is 12.6. The molecule has 0 aliphatic heterocycles. The highest BCUT2D eigenvalue weighted by Crippen LogP contribution is 2.26. The molecule has 0 radical (unpaired) electrons. The van der Waals surface area contributed by atoms with Gasteiger partial charge in [0.15, 0.2) is 11.8 Å². The number of ether oxygens (including phenoxy) is 1. The number of benzene rings is 1. The van der Waals surface area contributed by atoms with Crippen LogP contribution in [0.3, 0.4) is 0 Å². The Hall–Kier alpha value is -3.56. The van der Waals surface area contributed by atoms with E-state index >= 15 is 0 Å². The summed E-state index contributed by atoms with van der Waals surface area (Å²) in [5.41, 5.74) is 1.28. The Kier molecular flexibility index (Phi) is 6.89. The highest BCUT2D eigenvalue weighted by molar-refractivity contribution is 5.79. The van der Waals surface area contributed by atoms with Crippen LogP contribution >= 0.6 is 0 Å². The number of alkyl halides is 3. The summed E-state index contributed by atoms with van der Waals surface area (Å²) in [6, 6.07) is 11.5. The van der Waals surface area contributed by atoms with Crippen molar-refractivity contribution >= 4 is 5.96 Å². The number of nitrogens with one attached hydrogen (secondary N) is 2. The lowest BCUT2D eigenvalue weighted by atomic mass is 10.2. The minimum atomic E-state index is -4.75. The molecule has 7 nitrogen and oxygen atoms in total. The molecule has 2 heterocycles. The number of para-hydroxylation sites is 1. The summed E-state index contributed by atoms with van der Waals surface area (Å²) in [5, 5.41) is 10.3. The second-order valence-electron chi connectivity index (χ2n) is 6.18. The second-order valence-corrected chi connectivity index (χ2v) is 6.18. The average molecular weight is 418 g/mol. The van der Waals surface area contributed by atoms with Gasteiger partial charge >= 0.3 is 6.36 Å². The van der Waals surface area contributed by atoms with Crippen LogP contribution in [-0.2, 0) is 13.1 Å². The Morgan fingerprint density at radius 1 is 1.13 bits per heavy atom. The van der Waals surface area contributed by atoms with E-state index in [1.54, 1.807) is 41.5 Å². The first-order valence-corrected chi connectivity index (χ1v) is 9.25. The molecule has 0 atom stereocenters. The quantitative estimate of drug-likeness (QED) is 0.454. The van der Waals surface area contributed by atoms with Crippen molar-refractivity contribution in [3.63, 3.8) is 0 Å². The van der Waals surface area contributed by atoms with Crippen molar-refractivity contribution in [2.45, 2.75) is 26.4 Å². The zero-order valence-corrected chi connectivity index (χ0v) is 16.2. The number of hydrogen-bond donors (Lipinski definition) is 2. The third-order valence-corrected chi connectivity index (χ3v) is 3.96. The number of rotatable bonds is 7. The molecule has 0 spiro atoms. The van der Waals surface area contributed by atoms with Gasteiger partial charge in [-0.3, -0.25) is 0 Å². The van der Waals surface area contributed by atoms with E-state index in [2.05, 4.69) is 30.4 Å². The first kappa shape index (κ1) is 21.2. The molecule has 158 valence electrons.